The van der Waals surface area contributed by atoms with E-state index in [4.69, 9.17) is 0 Å². The van der Waals surface area contributed by atoms with Gasteiger partial charge in [0, 0.05) is 18.3 Å². The zero-order valence-corrected chi connectivity index (χ0v) is 8.38. The lowest BCUT2D eigenvalue weighted by atomic mass is 9.75. The predicted molar refractivity (Wildman–Crippen MR) is 51.2 cm³/mol. The summed E-state index contributed by atoms with van der Waals surface area (Å²) in [5.41, 5.74) is 0.183. The number of hydrogen-bond acceptors (Lipinski definition) is 1. The largest absolute Gasteiger partial charge is 0.634 e. The van der Waals surface area contributed by atoms with Crippen molar-refractivity contribution >= 4 is 0 Å². The van der Waals surface area contributed by atoms with Gasteiger partial charge in [0.25, 0.3) is 0 Å². The molecule has 3 aliphatic carbocycles. The summed E-state index contributed by atoms with van der Waals surface area (Å²) >= 11 is 0. The van der Waals surface area contributed by atoms with Gasteiger partial charge in [0.05, 0.1) is 7.05 Å². The summed E-state index contributed by atoms with van der Waals surface area (Å²) in [6, 6.07) is 0. The quantitative estimate of drug-likeness (QED) is 0.600. The van der Waals surface area contributed by atoms with Gasteiger partial charge >= 0.3 is 0 Å². The molecule has 3 aliphatic rings. The molecule has 0 radical (unpaired) electrons. The van der Waals surface area contributed by atoms with E-state index >= 15 is 0 Å². The number of fused-ring (bicyclic) bond motifs is 5. The first kappa shape index (κ1) is 8.25. The van der Waals surface area contributed by atoms with Crippen LogP contribution in [0.5, 0.6) is 0 Å². The molecule has 3 saturated carbocycles. The number of nitrogens with one attached hydrogen (secondary N) is 1. The molecule has 3 rings (SSSR count). The molecule has 0 spiro atoms. The summed E-state index contributed by atoms with van der Waals surface area (Å²) < 4.78 is 0. The fourth-order valence-corrected chi connectivity index (χ4v) is 4.79. The minimum absolute atomic E-state index is 0.183. The van der Waals surface area contributed by atoms with Gasteiger partial charge in [0.2, 0.25) is 0 Å². The van der Waals surface area contributed by atoms with Gasteiger partial charge < -0.3 is 10.3 Å². The third kappa shape index (κ3) is 0.816. The molecule has 1 N–H and O–H groups in total. The first-order chi connectivity index (χ1) is 6.25. The van der Waals surface area contributed by atoms with Gasteiger partial charge in [-0.1, -0.05) is 0 Å². The average Bonchev–Trinajstić information content (AvgIpc) is 2.76. The number of hydroxylamine groups is 2. The van der Waals surface area contributed by atoms with Crippen LogP contribution in [0, 0.1) is 23.0 Å². The van der Waals surface area contributed by atoms with Crippen molar-refractivity contribution in [2.75, 3.05) is 7.05 Å². The lowest BCUT2D eigenvalue weighted by Gasteiger charge is -2.45. The van der Waals surface area contributed by atoms with E-state index in [9.17, 15) is 5.21 Å². The fourth-order valence-electron chi connectivity index (χ4n) is 4.79. The topological polar surface area (TPSA) is 27.5 Å². The van der Waals surface area contributed by atoms with Crippen molar-refractivity contribution in [1.82, 2.24) is 0 Å². The van der Waals surface area contributed by atoms with Crippen molar-refractivity contribution in [2.24, 2.45) is 17.8 Å². The number of quaternary nitrogens is 1. The summed E-state index contributed by atoms with van der Waals surface area (Å²) in [6.07, 6.45) is 8.03. The Balaban J connectivity index is 1.99. The zero-order chi connectivity index (χ0) is 9.05. The van der Waals surface area contributed by atoms with Gasteiger partial charge in [-0.2, -0.15) is 0 Å². The number of hydrogen-bond donors (Lipinski definition) is 1. The van der Waals surface area contributed by atoms with Crippen LogP contribution >= 0.6 is 0 Å². The van der Waals surface area contributed by atoms with E-state index in [1.807, 2.05) is 7.05 Å². The van der Waals surface area contributed by atoms with Crippen LogP contribution in [0.4, 0.5) is 0 Å². The van der Waals surface area contributed by atoms with Crippen LogP contribution < -0.4 is 5.06 Å². The summed E-state index contributed by atoms with van der Waals surface area (Å²) in [5.74, 6) is 2.50. The van der Waals surface area contributed by atoms with E-state index < -0.39 is 0 Å². The molecule has 0 aliphatic heterocycles. The molecular weight excluding hydrogens is 162 g/mol. The standard InChI is InChI=1S/C11H19NO/c1-12(13)11-6-2-3-10(11)8-4-5-9(11)7-8/h8-10,12H,2-7H2,1H3. The molecule has 2 nitrogen and oxygen atoms in total. The molecular formula is C11H19NO. The van der Waals surface area contributed by atoms with E-state index in [1.165, 1.54) is 38.5 Å². The SMILES string of the molecule is C[NH+]([O-])C12CCCC1C1CCC2C1. The second kappa shape index (κ2) is 2.48. The van der Waals surface area contributed by atoms with Crippen molar-refractivity contribution < 1.29 is 5.06 Å². The van der Waals surface area contributed by atoms with Crippen LogP contribution in [-0.2, 0) is 0 Å². The van der Waals surface area contributed by atoms with Gasteiger partial charge in [0.15, 0.2) is 0 Å². The zero-order valence-electron chi connectivity index (χ0n) is 8.38. The average molecular weight is 181 g/mol. The highest BCUT2D eigenvalue weighted by atomic mass is 16.5. The van der Waals surface area contributed by atoms with Crippen LogP contribution in [0.2, 0.25) is 0 Å². The van der Waals surface area contributed by atoms with Crippen LogP contribution in [0.15, 0.2) is 0 Å². The smallest absolute Gasteiger partial charge is 0.103 e. The first-order valence-electron chi connectivity index (χ1n) is 5.76. The van der Waals surface area contributed by atoms with Crippen molar-refractivity contribution in [3.8, 4) is 0 Å². The van der Waals surface area contributed by atoms with Gasteiger partial charge in [-0.15, -0.1) is 0 Å². The second-order valence-electron chi connectivity index (χ2n) is 5.37. The van der Waals surface area contributed by atoms with E-state index in [0.29, 0.717) is 5.06 Å². The molecule has 2 heteroatoms. The Kier molecular flexibility index (Phi) is 1.58. The Bertz CT molecular complexity index is 228. The Labute approximate surface area is 79.9 Å². The maximum absolute atomic E-state index is 11.8. The van der Waals surface area contributed by atoms with Crippen molar-refractivity contribution in [2.45, 2.75) is 44.1 Å². The van der Waals surface area contributed by atoms with E-state index in [1.54, 1.807) is 0 Å². The predicted octanol–water partition coefficient (Wildman–Crippen LogP) is 0.968. The van der Waals surface area contributed by atoms with Crippen molar-refractivity contribution in [1.29, 1.82) is 0 Å². The molecule has 5 unspecified atom stereocenters. The van der Waals surface area contributed by atoms with Crippen LogP contribution in [0.1, 0.15) is 38.5 Å². The molecule has 2 bridgehead atoms. The summed E-state index contributed by atoms with van der Waals surface area (Å²) in [5, 5.41) is 12.4. The highest BCUT2D eigenvalue weighted by Gasteiger charge is 2.63. The third-order valence-electron chi connectivity index (χ3n) is 5.19. The molecule has 0 aromatic heterocycles. The van der Waals surface area contributed by atoms with Gasteiger partial charge in [-0.25, -0.2) is 0 Å². The Hall–Kier alpha value is -0.0800. The highest BCUT2D eigenvalue weighted by molar-refractivity contribution is 5.09. The minimum Gasteiger partial charge on any atom is -0.634 e. The molecule has 3 fully saturated rings. The molecule has 13 heavy (non-hydrogen) atoms. The lowest BCUT2D eigenvalue weighted by molar-refractivity contribution is -0.894. The second-order valence-corrected chi connectivity index (χ2v) is 5.37. The monoisotopic (exact) mass is 181 g/mol. The van der Waals surface area contributed by atoms with E-state index in [-0.39, 0.29) is 5.54 Å². The molecule has 0 aromatic rings. The van der Waals surface area contributed by atoms with Gasteiger partial charge in [0.1, 0.15) is 5.54 Å². The van der Waals surface area contributed by atoms with E-state index in [0.717, 1.165) is 17.8 Å². The van der Waals surface area contributed by atoms with Crippen molar-refractivity contribution in [3.63, 3.8) is 0 Å². The minimum atomic E-state index is 0.183. The van der Waals surface area contributed by atoms with Crippen LogP contribution in [-0.4, -0.2) is 12.6 Å². The van der Waals surface area contributed by atoms with Gasteiger partial charge in [-0.3, -0.25) is 0 Å². The van der Waals surface area contributed by atoms with Crippen LogP contribution in [0.25, 0.3) is 0 Å². The lowest BCUT2D eigenvalue weighted by Crippen LogP contribution is -3.15. The van der Waals surface area contributed by atoms with Gasteiger partial charge in [-0.05, 0) is 38.0 Å². The summed E-state index contributed by atoms with van der Waals surface area (Å²) in [6.45, 7) is 0. The Morgan fingerprint density at radius 1 is 1.31 bits per heavy atom. The number of rotatable bonds is 1. The molecule has 74 valence electrons. The first-order valence-corrected chi connectivity index (χ1v) is 5.76. The maximum Gasteiger partial charge on any atom is 0.103 e. The highest BCUT2D eigenvalue weighted by Crippen LogP contribution is 2.59. The Morgan fingerprint density at radius 3 is 2.85 bits per heavy atom. The molecule has 5 atom stereocenters. The molecule has 0 amide bonds. The molecule has 0 saturated heterocycles. The molecule has 0 heterocycles. The fraction of sp³-hybridized carbons (Fsp3) is 1.00. The van der Waals surface area contributed by atoms with Crippen LogP contribution in [0.3, 0.4) is 0 Å². The summed E-state index contributed by atoms with van der Waals surface area (Å²) in [7, 11) is 1.85. The molecule has 0 aromatic carbocycles. The van der Waals surface area contributed by atoms with Crippen molar-refractivity contribution in [3.05, 3.63) is 5.21 Å². The summed E-state index contributed by atoms with van der Waals surface area (Å²) in [4.78, 5) is 0. The van der Waals surface area contributed by atoms with E-state index in [2.05, 4.69) is 0 Å². The normalized spacial score (nSPS) is 55.4. The third-order valence-corrected chi connectivity index (χ3v) is 5.19. The maximum atomic E-state index is 11.8. The Morgan fingerprint density at radius 2 is 2.15 bits per heavy atom.